The Labute approximate surface area is 204 Å². The Hall–Kier alpha value is -2.92. The van der Waals surface area contributed by atoms with Crippen molar-refractivity contribution in [2.75, 3.05) is 0 Å². The van der Waals surface area contributed by atoms with Crippen molar-refractivity contribution < 1.29 is 0 Å². The topological polar surface area (TPSA) is 34.4 Å². The fourth-order valence-corrected chi connectivity index (χ4v) is 6.17. The van der Waals surface area contributed by atoms with Gasteiger partial charge in [-0.25, -0.2) is 4.99 Å². The van der Waals surface area contributed by atoms with Crippen molar-refractivity contribution in [3.05, 3.63) is 130 Å². The predicted molar refractivity (Wildman–Crippen MR) is 136 cm³/mol. The summed E-state index contributed by atoms with van der Waals surface area (Å²) in [4.78, 5) is 19.4. The van der Waals surface area contributed by atoms with E-state index >= 15 is 0 Å². The zero-order valence-corrected chi connectivity index (χ0v) is 19.8. The first-order chi connectivity index (χ1) is 16.1. The van der Waals surface area contributed by atoms with Crippen LogP contribution in [0.15, 0.2) is 88.2 Å². The van der Waals surface area contributed by atoms with Gasteiger partial charge in [-0.15, -0.1) is 0 Å². The minimum Gasteiger partial charge on any atom is -0.272 e. The van der Waals surface area contributed by atoms with Gasteiger partial charge in [-0.05, 0) is 53.3 Å². The van der Waals surface area contributed by atoms with Crippen molar-refractivity contribution in [3.63, 3.8) is 0 Å². The number of rotatable bonds is 2. The van der Waals surface area contributed by atoms with Crippen molar-refractivity contribution in [2.24, 2.45) is 4.99 Å². The molecule has 1 aliphatic heterocycles. The molecule has 0 fully saturated rings. The lowest BCUT2D eigenvalue weighted by atomic mass is 9.83. The van der Waals surface area contributed by atoms with Crippen LogP contribution in [-0.2, 0) is 6.42 Å². The van der Waals surface area contributed by atoms with E-state index in [1.165, 1.54) is 22.5 Å². The van der Waals surface area contributed by atoms with Crippen LogP contribution < -0.4 is 14.9 Å². The van der Waals surface area contributed by atoms with Gasteiger partial charge in [-0.3, -0.25) is 9.36 Å². The third-order valence-electron chi connectivity index (χ3n) is 6.24. The second-order valence-electron chi connectivity index (χ2n) is 8.19. The number of nitrogens with zero attached hydrogens (tertiary/aromatic N) is 2. The highest BCUT2D eigenvalue weighted by Gasteiger charge is 2.32. The largest absolute Gasteiger partial charge is 0.272 e. The molecule has 4 aromatic rings. The first-order valence-corrected chi connectivity index (χ1v) is 12.3. The molecule has 6 heteroatoms. The van der Waals surface area contributed by atoms with Gasteiger partial charge in [0.2, 0.25) is 0 Å². The lowest BCUT2D eigenvalue weighted by Gasteiger charge is -2.30. The van der Waals surface area contributed by atoms with E-state index in [1.807, 2.05) is 34.9 Å². The molecule has 2 aliphatic rings. The fourth-order valence-electron chi connectivity index (χ4n) is 4.72. The quantitative estimate of drug-likeness (QED) is 0.360. The zero-order chi connectivity index (χ0) is 22.5. The van der Waals surface area contributed by atoms with Crippen LogP contribution in [0, 0.1) is 0 Å². The summed E-state index contributed by atoms with van der Waals surface area (Å²) in [5.74, 6) is 0. The molecule has 0 spiro atoms. The van der Waals surface area contributed by atoms with Crippen LogP contribution in [0.25, 0.3) is 11.8 Å². The number of benzene rings is 3. The molecular weight excluding hydrogens is 471 g/mol. The Morgan fingerprint density at radius 2 is 1.76 bits per heavy atom. The molecule has 2 heterocycles. The highest BCUT2D eigenvalue weighted by Crippen LogP contribution is 2.41. The predicted octanol–water partition coefficient (Wildman–Crippen LogP) is 5.63. The third-order valence-corrected chi connectivity index (χ3v) is 7.78. The van der Waals surface area contributed by atoms with E-state index < -0.39 is 0 Å². The van der Waals surface area contributed by atoms with Crippen LogP contribution in [-0.4, -0.2) is 4.57 Å². The number of fused-ring (bicyclic) bond motifs is 3. The highest BCUT2D eigenvalue weighted by molar-refractivity contribution is 7.07. The molecule has 3 aromatic carbocycles. The summed E-state index contributed by atoms with van der Waals surface area (Å²) < 4.78 is 2.45. The molecule has 1 aliphatic carbocycles. The summed E-state index contributed by atoms with van der Waals surface area (Å²) in [6.45, 7) is 0. The lowest BCUT2D eigenvalue weighted by Crippen LogP contribution is -2.38. The Morgan fingerprint density at radius 3 is 2.58 bits per heavy atom. The standard InChI is InChI=1S/C27H18Cl2N2OS/c28-19-12-10-18(22(29)15-19)14-23-26(32)31-25(17-7-2-1-3-8-17)21-13-11-16-6-4-5-9-20(16)24(21)30-27(31)33-23/h1-10,12,14-15,25H,11,13H2. The maximum Gasteiger partial charge on any atom is 0.271 e. The van der Waals surface area contributed by atoms with Crippen molar-refractivity contribution in [2.45, 2.75) is 18.9 Å². The summed E-state index contributed by atoms with van der Waals surface area (Å²) in [5.41, 5.74) is 6.47. The van der Waals surface area contributed by atoms with Crippen molar-refractivity contribution in [1.29, 1.82) is 0 Å². The first-order valence-electron chi connectivity index (χ1n) is 10.7. The van der Waals surface area contributed by atoms with Crippen molar-refractivity contribution >= 4 is 46.3 Å². The number of thiazole rings is 1. The molecular formula is C27H18Cl2N2OS. The molecule has 162 valence electrons. The van der Waals surface area contributed by atoms with Gasteiger partial charge in [-0.2, -0.15) is 0 Å². The van der Waals surface area contributed by atoms with Gasteiger partial charge in [0.05, 0.1) is 16.3 Å². The zero-order valence-electron chi connectivity index (χ0n) is 17.5. The lowest BCUT2D eigenvalue weighted by molar-refractivity contribution is 0.585. The van der Waals surface area contributed by atoms with E-state index in [0.717, 1.165) is 35.2 Å². The fraction of sp³-hybridized carbons (Fsp3) is 0.111. The van der Waals surface area contributed by atoms with E-state index in [0.29, 0.717) is 19.4 Å². The number of halogens is 2. The number of hydrogen-bond donors (Lipinski definition) is 0. The molecule has 3 nitrogen and oxygen atoms in total. The molecule has 1 atom stereocenters. The average Bonchev–Trinajstić information content (AvgIpc) is 3.14. The normalized spacial score (nSPS) is 17.3. The minimum atomic E-state index is -0.173. The van der Waals surface area contributed by atoms with Gasteiger partial charge < -0.3 is 0 Å². The molecule has 1 unspecified atom stereocenters. The Kier molecular flexibility index (Phi) is 5.10. The smallest absolute Gasteiger partial charge is 0.271 e. The van der Waals surface area contributed by atoms with Crippen LogP contribution >= 0.6 is 34.5 Å². The van der Waals surface area contributed by atoms with Crippen LogP contribution in [0.4, 0.5) is 0 Å². The maximum absolute atomic E-state index is 13.7. The molecule has 0 saturated carbocycles. The van der Waals surface area contributed by atoms with E-state index in [9.17, 15) is 4.79 Å². The van der Waals surface area contributed by atoms with E-state index in [1.54, 1.807) is 12.1 Å². The summed E-state index contributed by atoms with van der Waals surface area (Å²) in [7, 11) is 0. The Bertz CT molecular complexity index is 1620. The van der Waals surface area contributed by atoms with Gasteiger partial charge >= 0.3 is 0 Å². The van der Waals surface area contributed by atoms with E-state index in [-0.39, 0.29) is 11.6 Å². The Balaban J connectivity index is 1.63. The summed E-state index contributed by atoms with van der Waals surface area (Å²) in [6, 6.07) is 23.8. The number of aromatic nitrogens is 1. The minimum absolute atomic E-state index is 0.0518. The molecule has 6 rings (SSSR count). The van der Waals surface area contributed by atoms with Crippen molar-refractivity contribution in [1.82, 2.24) is 4.57 Å². The molecule has 0 bridgehead atoms. The average molecular weight is 489 g/mol. The van der Waals surface area contributed by atoms with E-state index in [2.05, 4.69) is 36.4 Å². The molecule has 33 heavy (non-hydrogen) atoms. The SMILES string of the molecule is O=c1c(=Cc2ccc(Cl)cc2Cl)sc2n1C(c1ccccc1)C1=C(N=2)c2ccccc2CC1. The molecule has 0 amide bonds. The second kappa shape index (κ2) is 8.14. The second-order valence-corrected chi connectivity index (χ2v) is 10.0. The summed E-state index contributed by atoms with van der Waals surface area (Å²) in [6.07, 6.45) is 3.65. The third kappa shape index (κ3) is 3.50. The molecule has 0 N–H and O–H groups in total. The molecule has 1 aromatic heterocycles. The van der Waals surface area contributed by atoms with Gasteiger partial charge in [0.25, 0.3) is 5.56 Å². The van der Waals surface area contributed by atoms with E-state index in [4.69, 9.17) is 28.2 Å². The van der Waals surface area contributed by atoms with Crippen LogP contribution in [0.2, 0.25) is 10.0 Å². The van der Waals surface area contributed by atoms with Gasteiger partial charge in [0.15, 0.2) is 4.80 Å². The monoisotopic (exact) mass is 488 g/mol. The first kappa shape index (κ1) is 20.7. The molecule has 0 saturated heterocycles. The van der Waals surface area contributed by atoms with Crippen LogP contribution in [0.1, 0.15) is 34.7 Å². The maximum atomic E-state index is 13.7. The number of aryl methyl sites for hydroxylation is 1. The number of hydrogen-bond acceptors (Lipinski definition) is 3. The highest BCUT2D eigenvalue weighted by atomic mass is 35.5. The van der Waals surface area contributed by atoms with Gasteiger partial charge in [0, 0.05) is 15.6 Å². The van der Waals surface area contributed by atoms with Gasteiger partial charge in [-0.1, -0.05) is 95.2 Å². The summed E-state index contributed by atoms with van der Waals surface area (Å²) >= 11 is 13.8. The van der Waals surface area contributed by atoms with Gasteiger partial charge in [0.1, 0.15) is 0 Å². The van der Waals surface area contributed by atoms with Crippen LogP contribution in [0.5, 0.6) is 0 Å². The Morgan fingerprint density at radius 1 is 0.970 bits per heavy atom. The molecule has 0 radical (unpaired) electrons. The van der Waals surface area contributed by atoms with Crippen molar-refractivity contribution in [3.8, 4) is 0 Å². The summed E-state index contributed by atoms with van der Waals surface area (Å²) in [5, 5.41) is 1.08. The number of allylic oxidation sites excluding steroid dienone is 1. The van der Waals surface area contributed by atoms with Crippen LogP contribution in [0.3, 0.4) is 0 Å².